The Morgan fingerprint density at radius 1 is 1.50 bits per heavy atom. The molecule has 1 aromatic carbocycles. The van der Waals surface area contributed by atoms with Crippen molar-refractivity contribution in [3.8, 4) is 0 Å². The molecule has 18 heavy (non-hydrogen) atoms. The van der Waals surface area contributed by atoms with Crippen LogP contribution in [0.3, 0.4) is 0 Å². The zero-order valence-electron chi connectivity index (χ0n) is 9.64. The SMILES string of the molecule is COCCNC(=O)c1cc(S(N)(=O)=O)ccc1F. The number of ether oxygens (including phenoxy) is 1. The Kier molecular flexibility index (Phi) is 4.76. The van der Waals surface area contributed by atoms with Gasteiger partial charge in [-0.1, -0.05) is 0 Å². The Morgan fingerprint density at radius 2 is 2.17 bits per heavy atom. The normalized spacial score (nSPS) is 11.3. The van der Waals surface area contributed by atoms with Crippen molar-refractivity contribution in [2.75, 3.05) is 20.3 Å². The summed E-state index contributed by atoms with van der Waals surface area (Å²) in [6, 6.07) is 2.77. The largest absolute Gasteiger partial charge is 0.383 e. The van der Waals surface area contributed by atoms with Crippen LogP contribution in [0.2, 0.25) is 0 Å². The van der Waals surface area contributed by atoms with Gasteiger partial charge in [-0.15, -0.1) is 0 Å². The minimum Gasteiger partial charge on any atom is -0.383 e. The van der Waals surface area contributed by atoms with E-state index in [2.05, 4.69) is 5.32 Å². The fourth-order valence-corrected chi connectivity index (χ4v) is 1.76. The van der Waals surface area contributed by atoms with Crippen LogP contribution in [-0.4, -0.2) is 34.6 Å². The summed E-state index contributed by atoms with van der Waals surface area (Å²) in [6.45, 7) is 0.455. The molecule has 0 spiro atoms. The van der Waals surface area contributed by atoms with Gasteiger partial charge in [0, 0.05) is 13.7 Å². The van der Waals surface area contributed by atoms with Crippen molar-refractivity contribution >= 4 is 15.9 Å². The number of rotatable bonds is 5. The van der Waals surface area contributed by atoms with Crippen molar-refractivity contribution < 1.29 is 22.3 Å². The van der Waals surface area contributed by atoms with Gasteiger partial charge in [-0.05, 0) is 18.2 Å². The lowest BCUT2D eigenvalue weighted by atomic mass is 10.2. The second-order valence-electron chi connectivity index (χ2n) is 3.44. The van der Waals surface area contributed by atoms with E-state index >= 15 is 0 Å². The second kappa shape index (κ2) is 5.89. The number of nitrogens with two attached hydrogens (primary N) is 1. The molecule has 0 radical (unpaired) electrons. The van der Waals surface area contributed by atoms with Crippen LogP contribution in [-0.2, 0) is 14.8 Å². The summed E-state index contributed by atoms with van der Waals surface area (Å²) in [5.74, 6) is -1.55. The van der Waals surface area contributed by atoms with Crippen LogP contribution >= 0.6 is 0 Å². The molecular formula is C10H13FN2O4S. The van der Waals surface area contributed by atoms with Gasteiger partial charge in [-0.3, -0.25) is 4.79 Å². The molecule has 0 saturated heterocycles. The average molecular weight is 276 g/mol. The van der Waals surface area contributed by atoms with Crippen LogP contribution in [0.4, 0.5) is 4.39 Å². The van der Waals surface area contributed by atoms with Gasteiger partial charge in [0.05, 0.1) is 17.1 Å². The van der Waals surface area contributed by atoms with E-state index in [4.69, 9.17) is 9.88 Å². The minimum atomic E-state index is -3.97. The van der Waals surface area contributed by atoms with Gasteiger partial charge >= 0.3 is 0 Å². The topological polar surface area (TPSA) is 98.5 Å². The number of carbonyl (C=O) groups is 1. The Labute approximate surface area is 104 Å². The molecule has 1 amide bonds. The fourth-order valence-electron chi connectivity index (χ4n) is 1.22. The van der Waals surface area contributed by atoms with Crippen LogP contribution in [0.1, 0.15) is 10.4 Å². The molecular weight excluding hydrogens is 263 g/mol. The number of halogens is 1. The molecule has 0 heterocycles. The molecule has 6 nitrogen and oxygen atoms in total. The Balaban J connectivity index is 2.97. The van der Waals surface area contributed by atoms with Crippen LogP contribution in [0, 0.1) is 5.82 Å². The van der Waals surface area contributed by atoms with Crippen molar-refractivity contribution in [2.24, 2.45) is 5.14 Å². The number of sulfonamides is 1. The van der Waals surface area contributed by atoms with Crippen LogP contribution in [0.5, 0.6) is 0 Å². The van der Waals surface area contributed by atoms with E-state index in [1.807, 2.05) is 0 Å². The molecule has 0 bridgehead atoms. The Morgan fingerprint density at radius 3 is 2.72 bits per heavy atom. The summed E-state index contributed by atoms with van der Waals surface area (Å²) < 4.78 is 40.3. The van der Waals surface area contributed by atoms with E-state index in [9.17, 15) is 17.6 Å². The Hall–Kier alpha value is -1.51. The van der Waals surface area contributed by atoms with Gasteiger partial charge in [0.1, 0.15) is 5.82 Å². The monoisotopic (exact) mass is 276 g/mol. The summed E-state index contributed by atoms with van der Waals surface area (Å²) in [4.78, 5) is 11.3. The van der Waals surface area contributed by atoms with Gasteiger partial charge in [0.25, 0.3) is 5.91 Å². The predicted octanol–water partition coefficient (Wildman–Crippen LogP) is -0.151. The number of amides is 1. The molecule has 0 saturated carbocycles. The lowest BCUT2D eigenvalue weighted by Crippen LogP contribution is -2.28. The second-order valence-corrected chi connectivity index (χ2v) is 5.00. The number of primary sulfonamides is 1. The van der Waals surface area contributed by atoms with E-state index < -0.39 is 21.7 Å². The van der Waals surface area contributed by atoms with E-state index in [1.165, 1.54) is 7.11 Å². The van der Waals surface area contributed by atoms with Crippen LogP contribution in [0.25, 0.3) is 0 Å². The Bertz CT molecular complexity index is 545. The van der Waals surface area contributed by atoms with Gasteiger partial charge in [0.15, 0.2) is 0 Å². The molecule has 0 aromatic heterocycles. The first kappa shape index (κ1) is 14.6. The molecule has 0 aliphatic carbocycles. The molecule has 8 heteroatoms. The molecule has 0 aliphatic rings. The summed E-state index contributed by atoms with van der Waals surface area (Å²) in [5.41, 5.74) is -0.377. The molecule has 0 atom stereocenters. The summed E-state index contributed by atoms with van der Waals surface area (Å²) >= 11 is 0. The number of nitrogens with one attached hydrogen (secondary N) is 1. The van der Waals surface area contributed by atoms with Crippen molar-refractivity contribution in [1.82, 2.24) is 5.32 Å². The maximum absolute atomic E-state index is 13.4. The van der Waals surface area contributed by atoms with Gasteiger partial charge in [-0.25, -0.2) is 17.9 Å². The third-order valence-electron chi connectivity index (χ3n) is 2.10. The minimum absolute atomic E-state index is 0.189. The molecule has 3 N–H and O–H groups in total. The highest BCUT2D eigenvalue weighted by atomic mass is 32.2. The maximum atomic E-state index is 13.4. The third kappa shape index (κ3) is 3.76. The lowest BCUT2D eigenvalue weighted by molar-refractivity contribution is 0.0933. The van der Waals surface area contributed by atoms with Crippen molar-refractivity contribution in [1.29, 1.82) is 0 Å². The van der Waals surface area contributed by atoms with E-state index in [1.54, 1.807) is 0 Å². The van der Waals surface area contributed by atoms with Gasteiger partial charge in [0.2, 0.25) is 10.0 Å². The van der Waals surface area contributed by atoms with E-state index in [0.29, 0.717) is 0 Å². The first-order chi connectivity index (χ1) is 8.36. The zero-order chi connectivity index (χ0) is 13.8. The molecule has 100 valence electrons. The smallest absolute Gasteiger partial charge is 0.254 e. The third-order valence-corrected chi connectivity index (χ3v) is 3.01. The fraction of sp³-hybridized carbons (Fsp3) is 0.300. The number of hydrogen-bond donors (Lipinski definition) is 2. The number of benzene rings is 1. The van der Waals surface area contributed by atoms with Gasteiger partial charge in [-0.2, -0.15) is 0 Å². The maximum Gasteiger partial charge on any atom is 0.254 e. The summed E-state index contributed by atoms with van der Waals surface area (Å²) in [7, 11) is -2.52. The van der Waals surface area contributed by atoms with Crippen molar-refractivity contribution in [3.05, 3.63) is 29.6 Å². The predicted molar refractivity (Wildman–Crippen MR) is 62.0 cm³/mol. The zero-order valence-corrected chi connectivity index (χ0v) is 10.5. The summed E-state index contributed by atoms with van der Waals surface area (Å²) in [6.07, 6.45) is 0. The van der Waals surface area contributed by atoms with E-state index in [0.717, 1.165) is 18.2 Å². The molecule has 1 rings (SSSR count). The molecule has 0 fully saturated rings. The summed E-state index contributed by atoms with van der Waals surface area (Å²) in [5, 5.41) is 7.28. The first-order valence-electron chi connectivity index (χ1n) is 4.95. The highest BCUT2D eigenvalue weighted by Crippen LogP contribution is 2.13. The highest BCUT2D eigenvalue weighted by molar-refractivity contribution is 7.89. The standard InChI is InChI=1S/C10H13FN2O4S/c1-17-5-4-13-10(14)8-6-7(18(12,15)16)2-3-9(8)11/h2-3,6H,4-5H2,1H3,(H,13,14)(H2,12,15,16). The average Bonchev–Trinajstić information content (AvgIpc) is 2.28. The molecule has 0 aliphatic heterocycles. The van der Waals surface area contributed by atoms with Crippen LogP contribution < -0.4 is 10.5 Å². The quantitative estimate of drug-likeness (QED) is 0.731. The first-order valence-corrected chi connectivity index (χ1v) is 6.50. The van der Waals surface area contributed by atoms with E-state index in [-0.39, 0.29) is 23.6 Å². The van der Waals surface area contributed by atoms with Crippen molar-refractivity contribution in [3.63, 3.8) is 0 Å². The number of methoxy groups -OCH3 is 1. The highest BCUT2D eigenvalue weighted by Gasteiger charge is 2.16. The molecule has 1 aromatic rings. The van der Waals surface area contributed by atoms with Crippen LogP contribution in [0.15, 0.2) is 23.1 Å². The molecule has 0 unspecified atom stereocenters. The number of hydrogen-bond acceptors (Lipinski definition) is 4. The number of carbonyl (C=O) groups excluding carboxylic acids is 1. The lowest BCUT2D eigenvalue weighted by Gasteiger charge is -2.07. The van der Waals surface area contributed by atoms with Gasteiger partial charge < -0.3 is 10.1 Å². The van der Waals surface area contributed by atoms with Crippen molar-refractivity contribution in [2.45, 2.75) is 4.90 Å².